The van der Waals surface area contributed by atoms with Gasteiger partial charge in [-0.2, -0.15) is 4.31 Å². The Morgan fingerprint density at radius 3 is 2.24 bits per heavy atom. The fourth-order valence-corrected chi connectivity index (χ4v) is 5.53. The molecule has 5 N–H and O–H groups in total. The summed E-state index contributed by atoms with van der Waals surface area (Å²) >= 11 is 4.40. The number of aliphatic hydroxyl groups excluding tert-OH is 1. The van der Waals surface area contributed by atoms with Gasteiger partial charge in [-0.25, -0.2) is 13.4 Å². The van der Waals surface area contributed by atoms with E-state index in [1.807, 2.05) is 0 Å². The standard InChI is InChI=1S/C6H15O11P3S/c1-4-2-5(7)6(15-4)3-14-20(13,21)17-19(11,12)16-18(8,9)10/h4-7H,2-3H2,1H3,(H,11,12)(H,13,21)(H2,8,9,10). The van der Waals surface area contributed by atoms with E-state index in [9.17, 15) is 19.1 Å². The van der Waals surface area contributed by atoms with E-state index in [0.29, 0.717) is 6.42 Å². The summed E-state index contributed by atoms with van der Waals surface area (Å²) in [5.41, 5.74) is 0. The summed E-state index contributed by atoms with van der Waals surface area (Å²) in [6, 6.07) is 0. The average Bonchev–Trinajstić information content (AvgIpc) is 2.48. The van der Waals surface area contributed by atoms with Crippen LogP contribution in [0.2, 0.25) is 0 Å². The van der Waals surface area contributed by atoms with Crippen molar-refractivity contribution in [2.75, 3.05) is 6.61 Å². The Balaban J connectivity index is 2.56. The number of rotatable bonds is 7. The first-order chi connectivity index (χ1) is 9.30. The maximum absolute atomic E-state index is 11.2. The molecule has 0 saturated carbocycles. The van der Waals surface area contributed by atoms with E-state index in [4.69, 9.17) is 23.9 Å². The minimum atomic E-state index is -5.33. The van der Waals surface area contributed by atoms with Crippen LogP contribution in [0, 0.1) is 0 Å². The Morgan fingerprint density at radius 2 is 1.81 bits per heavy atom. The van der Waals surface area contributed by atoms with Crippen molar-refractivity contribution in [2.45, 2.75) is 31.7 Å². The summed E-state index contributed by atoms with van der Waals surface area (Å²) in [6.45, 7) is -3.07. The summed E-state index contributed by atoms with van der Waals surface area (Å²) < 4.78 is 39.1. The molecule has 1 saturated heterocycles. The fraction of sp³-hybridized carbons (Fsp3) is 1.00. The van der Waals surface area contributed by atoms with Crippen LogP contribution in [0.5, 0.6) is 0 Å². The second-order valence-corrected chi connectivity index (χ2v) is 9.98. The molecule has 126 valence electrons. The summed E-state index contributed by atoms with van der Waals surface area (Å²) in [6.07, 6.45) is -1.60. The lowest BCUT2D eigenvalue weighted by atomic mass is 10.1. The predicted octanol–water partition coefficient (Wildman–Crippen LogP) is -0.0156. The zero-order chi connectivity index (χ0) is 16.5. The van der Waals surface area contributed by atoms with Crippen molar-refractivity contribution in [3.8, 4) is 0 Å². The van der Waals surface area contributed by atoms with Gasteiger partial charge in [-0.15, -0.1) is 0 Å². The van der Waals surface area contributed by atoms with Crippen LogP contribution >= 0.6 is 22.4 Å². The molecule has 0 amide bonds. The molecule has 0 aromatic heterocycles. The lowest BCUT2D eigenvalue weighted by Crippen LogP contribution is -2.26. The molecule has 1 fully saturated rings. The van der Waals surface area contributed by atoms with E-state index in [-0.39, 0.29) is 6.10 Å². The van der Waals surface area contributed by atoms with Crippen molar-refractivity contribution < 1.29 is 51.7 Å². The van der Waals surface area contributed by atoms with Crippen LogP contribution in [0.3, 0.4) is 0 Å². The minimum Gasteiger partial charge on any atom is -0.390 e. The summed E-state index contributed by atoms with van der Waals surface area (Å²) in [5, 5.41) is 9.56. The SMILES string of the molecule is CC1CC(O)C(COP(O)(=S)OP(=O)(O)OP(=O)(O)O)O1. The zero-order valence-electron chi connectivity index (χ0n) is 10.6. The lowest BCUT2D eigenvalue weighted by Gasteiger charge is -2.21. The van der Waals surface area contributed by atoms with Gasteiger partial charge in [0.15, 0.2) is 0 Å². The van der Waals surface area contributed by atoms with Gasteiger partial charge in [-0.3, -0.25) is 0 Å². The van der Waals surface area contributed by atoms with Crippen molar-refractivity contribution in [3.05, 3.63) is 0 Å². The first kappa shape index (κ1) is 19.8. The lowest BCUT2D eigenvalue weighted by molar-refractivity contribution is -0.0133. The van der Waals surface area contributed by atoms with Gasteiger partial charge in [0.25, 0.3) is 0 Å². The minimum absolute atomic E-state index is 0.243. The topological polar surface area (TPSA) is 172 Å². The fourth-order valence-electron chi connectivity index (χ4n) is 1.56. The van der Waals surface area contributed by atoms with Crippen LogP contribution in [0.4, 0.5) is 0 Å². The highest BCUT2D eigenvalue weighted by Gasteiger charge is 2.39. The number of aliphatic hydroxyl groups is 1. The number of hydrogen-bond donors (Lipinski definition) is 5. The van der Waals surface area contributed by atoms with Crippen LogP contribution in [0.25, 0.3) is 0 Å². The van der Waals surface area contributed by atoms with Gasteiger partial charge in [0.2, 0.25) is 0 Å². The third kappa shape index (κ3) is 7.71. The second-order valence-electron chi connectivity index (χ2n) is 4.17. The molecular weight excluding hydrogens is 373 g/mol. The Hall–Kier alpha value is 0.750. The molecule has 1 aliphatic heterocycles. The summed E-state index contributed by atoms with van der Waals surface area (Å²) in [4.78, 5) is 35.4. The quantitative estimate of drug-likeness (QED) is 0.370. The molecule has 0 radical (unpaired) electrons. The van der Waals surface area contributed by atoms with E-state index in [0.717, 1.165) is 0 Å². The van der Waals surface area contributed by atoms with Gasteiger partial charge in [-0.1, -0.05) is 0 Å². The van der Waals surface area contributed by atoms with Gasteiger partial charge >= 0.3 is 22.4 Å². The monoisotopic (exact) mass is 388 g/mol. The second kappa shape index (κ2) is 7.11. The smallest absolute Gasteiger partial charge is 0.390 e. The number of ether oxygens (including phenoxy) is 1. The van der Waals surface area contributed by atoms with E-state index in [1.54, 1.807) is 6.92 Å². The molecule has 1 heterocycles. The van der Waals surface area contributed by atoms with E-state index in [2.05, 4.69) is 20.4 Å². The van der Waals surface area contributed by atoms with Gasteiger partial charge in [0.1, 0.15) is 6.10 Å². The Morgan fingerprint density at radius 1 is 1.24 bits per heavy atom. The highest BCUT2D eigenvalue weighted by molar-refractivity contribution is 8.08. The molecule has 15 heteroatoms. The highest BCUT2D eigenvalue weighted by atomic mass is 32.5. The van der Waals surface area contributed by atoms with Gasteiger partial charge in [-0.05, 0) is 18.7 Å². The first-order valence-corrected chi connectivity index (χ1v) is 11.0. The predicted molar refractivity (Wildman–Crippen MR) is 71.5 cm³/mol. The third-order valence-corrected chi connectivity index (χ3v) is 6.95. The van der Waals surface area contributed by atoms with Gasteiger partial charge in [0.05, 0.1) is 18.8 Å². The summed E-state index contributed by atoms with van der Waals surface area (Å²) in [5.74, 6) is 0. The van der Waals surface area contributed by atoms with Crippen molar-refractivity contribution in [1.29, 1.82) is 0 Å². The van der Waals surface area contributed by atoms with Crippen molar-refractivity contribution in [3.63, 3.8) is 0 Å². The summed E-state index contributed by atoms with van der Waals surface area (Å²) in [7, 11) is -10.6. The van der Waals surface area contributed by atoms with Crippen LogP contribution in [0.15, 0.2) is 0 Å². The Labute approximate surface area is 124 Å². The largest absolute Gasteiger partial charge is 0.488 e. The Kier molecular flexibility index (Phi) is 6.70. The molecular formula is C6H15O11P3S. The molecule has 11 nitrogen and oxygen atoms in total. The van der Waals surface area contributed by atoms with E-state index in [1.165, 1.54) is 0 Å². The molecule has 1 aliphatic rings. The zero-order valence-corrected chi connectivity index (χ0v) is 14.1. The molecule has 5 unspecified atom stereocenters. The van der Waals surface area contributed by atoms with Crippen LogP contribution in [0.1, 0.15) is 13.3 Å². The van der Waals surface area contributed by atoms with Crippen LogP contribution < -0.4 is 0 Å². The van der Waals surface area contributed by atoms with Crippen molar-refractivity contribution in [1.82, 2.24) is 0 Å². The molecule has 0 aliphatic carbocycles. The van der Waals surface area contributed by atoms with E-state index < -0.39 is 41.2 Å². The molecule has 0 spiro atoms. The van der Waals surface area contributed by atoms with Gasteiger partial charge < -0.3 is 33.9 Å². The molecule has 1 rings (SSSR count). The molecule has 0 aromatic carbocycles. The molecule has 0 bridgehead atoms. The number of phosphoric acid groups is 2. The van der Waals surface area contributed by atoms with Gasteiger partial charge in [0, 0.05) is 6.42 Å². The highest BCUT2D eigenvalue weighted by Crippen LogP contribution is 2.66. The van der Waals surface area contributed by atoms with E-state index >= 15 is 0 Å². The number of hydrogen-bond acceptors (Lipinski definition) is 8. The maximum atomic E-state index is 11.2. The van der Waals surface area contributed by atoms with Crippen molar-refractivity contribution in [2.24, 2.45) is 0 Å². The Bertz CT molecular complexity index is 504. The third-order valence-electron chi connectivity index (χ3n) is 2.23. The molecule has 5 atom stereocenters. The van der Waals surface area contributed by atoms with Crippen LogP contribution in [-0.4, -0.2) is 49.6 Å². The molecule has 0 aromatic rings. The molecule has 21 heavy (non-hydrogen) atoms. The maximum Gasteiger partial charge on any atom is 0.488 e. The van der Waals surface area contributed by atoms with Crippen LogP contribution in [-0.2, 0) is 38.8 Å². The van der Waals surface area contributed by atoms with Crippen molar-refractivity contribution >= 4 is 34.2 Å². The first-order valence-electron chi connectivity index (χ1n) is 5.41. The normalized spacial score (nSPS) is 32.6. The average molecular weight is 388 g/mol.